The fourth-order valence-electron chi connectivity index (χ4n) is 15.8. The minimum Gasteiger partial charge on any atom is -0.394 e. The van der Waals surface area contributed by atoms with Crippen LogP contribution in [0.2, 0.25) is 0 Å². The van der Waals surface area contributed by atoms with Crippen molar-refractivity contribution in [3.05, 3.63) is 12.2 Å². The predicted molar refractivity (Wildman–Crippen MR) is 223 cm³/mol. The monoisotopic (exact) mass is 913 g/mol. The molecule has 0 radical (unpaired) electrons. The molecule has 10 N–H and O–H groups in total. The van der Waals surface area contributed by atoms with E-state index in [0.717, 1.165) is 32.1 Å². The van der Waals surface area contributed by atoms with Gasteiger partial charge < -0.3 is 84.2 Å². The molecule has 0 unspecified atom stereocenters. The topological polar surface area (TPSA) is 267 Å². The van der Waals surface area contributed by atoms with Gasteiger partial charge in [-0.15, -0.1) is 0 Å². The van der Waals surface area contributed by atoms with E-state index in [-0.39, 0.29) is 39.4 Å². The second-order valence-electron chi connectivity index (χ2n) is 22.9. The van der Waals surface area contributed by atoms with Crippen molar-refractivity contribution < 1.29 is 84.2 Å². The van der Waals surface area contributed by atoms with E-state index in [1.54, 1.807) is 0 Å². The van der Waals surface area contributed by atoms with E-state index in [1.165, 1.54) is 0 Å². The molecule has 2 bridgehead atoms. The zero-order valence-corrected chi connectivity index (χ0v) is 38.4. The summed E-state index contributed by atoms with van der Waals surface area (Å²) in [6.45, 7) is 15.1. The van der Waals surface area contributed by atoms with Crippen LogP contribution in [0.4, 0.5) is 0 Å². The van der Waals surface area contributed by atoms with Gasteiger partial charge in [0.05, 0.1) is 44.2 Å². The lowest BCUT2D eigenvalue weighted by atomic mass is 9.31. The molecule has 0 amide bonds. The second-order valence-corrected chi connectivity index (χ2v) is 22.9. The molecule has 0 aromatic rings. The fourth-order valence-corrected chi connectivity index (χ4v) is 15.8. The minimum absolute atomic E-state index is 0.147. The minimum atomic E-state index is -1.82. The summed E-state index contributed by atoms with van der Waals surface area (Å²) in [5, 5.41) is 108. The Balaban J connectivity index is 0.986. The van der Waals surface area contributed by atoms with Crippen LogP contribution < -0.4 is 0 Å². The summed E-state index contributed by atoms with van der Waals surface area (Å²) in [4.78, 5) is 0. The van der Waals surface area contributed by atoms with Gasteiger partial charge in [-0.2, -0.15) is 0 Å². The van der Waals surface area contributed by atoms with E-state index < -0.39 is 129 Å². The number of fused-ring (bicyclic) bond motifs is 4. The average molecular weight is 913 g/mol. The molecule has 4 aliphatic heterocycles. The molecule has 4 saturated carbocycles. The molecular weight excluding hydrogens is 836 g/mol. The fraction of sp³-hybridized carbons (Fsp3) is 0.957. The molecule has 26 atom stereocenters. The number of ether oxygens (including phenoxy) is 7. The molecule has 4 saturated heterocycles. The summed E-state index contributed by atoms with van der Waals surface area (Å²) in [7, 11) is 0. The first-order chi connectivity index (χ1) is 30.1. The quantitative estimate of drug-likeness (QED) is 0.114. The van der Waals surface area contributed by atoms with Crippen molar-refractivity contribution in [2.24, 2.45) is 56.7 Å². The van der Waals surface area contributed by atoms with Gasteiger partial charge in [0.2, 0.25) is 0 Å². The van der Waals surface area contributed by atoms with Crippen LogP contribution in [0.25, 0.3) is 0 Å². The van der Waals surface area contributed by atoms with E-state index in [9.17, 15) is 51.1 Å². The van der Waals surface area contributed by atoms with Crippen molar-refractivity contribution >= 4 is 0 Å². The second kappa shape index (κ2) is 16.6. The van der Waals surface area contributed by atoms with Crippen LogP contribution in [-0.4, -0.2) is 181 Å². The summed E-state index contributed by atoms with van der Waals surface area (Å²) >= 11 is 0. The van der Waals surface area contributed by atoms with E-state index in [0.29, 0.717) is 31.3 Å². The van der Waals surface area contributed by atoms with Crippen LogP contribution >= 0.6 is 0 Å². The van der Waals surface area contributed by atoms with Gasteiger partial charge >= 0.3 is 0 Å². The Kier molecular flexibility index (Phi) is 12.5. The van der Waals surface area contributed by atoms with Crippen LogP contribution in [0.15, 0.2) is 12.2 Å². The van der Waals surface area contributed by atoms with Gasteiger partial charge in [0, 0.05) is 16.7 Å². The summed E-state index contributed by atoms with van der Waals surface area (Å²) in [5.41, 5.74) is -1.86. The van der Waals surface area contributed by atoms with E-state index in [4.69, 9.17) is 33.2 Å². The maximum absolute atomic E-state index is 12.3. The Morgan fingerprint density at radius 2 is 1.28 bits per heavy atom. The molecule has 0 aromatic heterocycles. The van der Waals surface area contributed by atoms with E-state index in [1.807, 2.05) is 0 Å². The third-order valence-electron chi connectivity index (χ3n) is 19.9. The number of aliphatic hydroxyl groups is 10. The molecule has 9 aliphatic rings. The highest BCUT2D eigenvalue weighted by atomic mass is 16.8. The van der Waals surface area contributed by atoms with Gasteiger partial charge in [-0.05, 0) is 84.9 Å². The van der Waals surface area contributed by atoms with Gasteiger partial charge in [-0.3, -0.25) is 0 Å². The van der Waals surface area contributed by atoms with Gasteiger partial charge in [0.25, 0.3) is 0 Å². The maximum atomic E-state index is 12.3. The molecule has 5 aliphatic carbocycles. The van der Waals surface area contributed by atoms with Crippen LogP contribution in [0, 0.1) is 56.7 Å². The smallest absolute Gasteiger partial charge is 0.187 e. The van der Waals surface area contributed by atoms with Crippen molar-refractivity contribution in [3.8, 4) is 0 Å². The number of hydrogen-bond acceptors (Lipinski definition) is 17. The number of hydrogen-bond donors (Lipinski definition) is 10. The summed E-state index contributed by atoms with van der Waals surface area (Å²) < 4.78 is 43.7. The Labute approximate surface area is 376 Å². The van der Waals surface area contributed by atoms with E-state index >= 15 is 0 Å². The van der Waals surface area contributed by atoms with Crippen LogP contribution in [0.5, 0.6) is 0 Å². The molecule has 17 heteroatoms. The van der Waals surface area contributed by atoms with Crippen LogP contribution in [0.1, 0.15) is 93.4 Å². The normalized spacial score (nSPS) is 59.0. The van der Waals surface area contributed by atoms with Crippen molar-refractivity contribution in [3.63, 3.8) is 0 Å². The molecular formula is C47H76O17. The molecule has 366 valence electrons. The first-order valence-electron chi connectivity index (χ1n) is 24.0. The molecule has 64 heavy (non-hydrogen) atoms. The first kappa shape index (κ1) is 48.1. The predicted octanol–water partition coefficient (Wildman–Crippen LogP) is 0.0961. The summed E-state index contributed by atoms with van der Waals surface area (Å²) in [5.74, 6) is 1.51. The van der Waals surface area contributed by atoms with Gasteiger partial charge in [0.15, 0.2) is 18.9 Å². The Bertz CT molecular complexity index is 1740. The Morgan fingerprint density at radius 1 is 0.672 bits per heavy atom. The molecule has 9 rings (SSSR count). The molecule has 0 aromatic carbocycles. The largest absolute Gasteiger partial charge is 0.394 e. The van der Waals surface area contributed by atoms with Crippen molar-refractivity contribution in [2.75, 3.05) is 26.4 Å². The van der Waals surface area contributed by atoms with E-state index in [2.05, 4.69) is 60.6 Å². The Morgan fingerprint density at radius 3 is 1.91 bits per heavy atom. The van der Waals surface area contributed by atoms with Crippen molar-refractivity contribution in [1.29, 1.82) is 0 Å². The van der Waals surface area contributed by atoms with Crippen LogP contribution in [-0.2, 0) is 33.2 Å². The average Bonchev–Trinajstić information content (AvgIpc) is 3.56. The summed E-state index contributed by atoms with van der Waals surface area (Å²) in [6.07, 6.45) is -12.5. The number of rotatable bonds is 8. The lowest BCUT2D eigenvalue weighted by Gasteiger charge is -2.73. The van der Waals surface area contributed by atoms with Gasteiger partial charge in [-0.25, -0.2) is 0 Å². The first-order valence-corrected chi connectivity index (χ1v) is 24.0. The molecule has 17 nitrogen and oxygen atoms in total. The molecule has 1 spiro atoms. The third-order valence-corrected chi connectivity index (χ3v) is 19.9. The summed E-state index contributed by atoms with van der Waals surface area (Å²) in [6, 6.07) is 0. The van der Waals surface area contributed by atoms with Crippen molar-refractivity contribution in [2.45, 2.75) is 197 Å². The highest BCUT2D eigenvalue weighted by Gasteiger charge is 2.79. The lowest BCUT2D eigenvalue weighted by molar-refractivity contribution is -0.395. The van der Waals surface area contributed by atoms with Gasteiger partial charge in [0.1, 0.15) is 67.1 Å². The molecule has 4 heterocycles. The SMILES string of the molecule is C[C@H]1[C@H](C)CC[C@]23CO[C@]4(C=C[C@@H]5[C@@]6(C)CC[C@H](O[C@@H]7O[C@H](CO)[C@H](O)[C@H](O)[C@H]7O[C@@H]7O[C@H](CO)[C@@H](O)[C@H](O)[C@H]7O[C@@H]7OC[C@@H](O)[C@H](O)[C@H]7O)C(C)(C)[C@@H]6CC[C@@]5(C)[C@]4(C)C[C@H]2O)[C@H]13. The number of allylic oxidation sites excluding steroid dienone is 1. The van der Waals surface area contributed by atoms with Crippen molar-refractivity contribution in [1.82, 2.24) is 0 Å². The zero-order chi connectivity index (χ0) is 46.3. The standard InChI is InChI=1S/C47H76O17/c1-21-8-14-46-20-59-47(38(46)22(21)2)15-10-27-43(5)12-11-29(42(3,4)26(43)9-13-44(27,6)45(47,7)16-28(46)51)62-40-36(33(55)31(53)24(17-48)60-40)64-41-37(34(56)32(54)25(18-49)61-41)63-39-35(57)30(52)23(50)19-58-39/h10,15,21-41,48-57H,8-9,11-14,16-20H2,1-7H3/t21-,22+,23-,24-,25-,26+,27-,28-,29+,30+,31+,32-,33+,34+,35-,36-,37-,38-,39+,40+,41+,43+,44-,45+,46+,47-/m1/s1. The Hall–Kier alpha value is -0.940. The highest BCUT2D eigenvalue weighted by Crippen LogP contribution is 2.79. The maximum Gasteiger partial charge on any atom is 0.187 e. The van der Waals surface area contributed by atoms with Gasteiger partial charge in [-0.1, -0.05) is 60.6 Å². The number of aliphatic hydroxyl groups excluding tert-OH is 10. The molecule has 8 fully saturated rings. The highest BCUT2D eigenvalue weighted by molar-refractivity contribution is 5.36. The van der Waals surface area contributed by atoms with Crippen LogP contribution in [0.3, 0.4) is 0 Å². The third kappa shape index (κ3) is 6.65. The zero-order valence-electron chi connectivity index (χ0n) is 38.4. The lowest BCUT2D eigenvalue weighted by Crippen LogP contribution is -2.73.